The van der Waals surface area contributed by atoms with E-state index in [1.807, 2.05) is 12.1 Å². The molecular formula is C16H24N4O2. The number of hydrogen-bond acceptors (Lipinski definition) is 5. The number of rotatable bonds is 5. The van der Waals surface area contributed by atoms with Crippen LogP contribution in [0.15, 0.2) is 18.2 Å². The lowest BCUT2D eigenvalue weighted by molar-refractivity contribution is 0.106. The van der Waals surface area contributed by atoms with Crippen molar-refractivity contribution in [2.24, 2.45) is 7.05 Å². The minimum absolute atomic E-state index is 0.243. The molecule has 1 fully saturated rings. The number of benzene rings is 1. The van der Waals surface area contributed by atoms with Crippen molar-refractivity contribution in [3.8, 4) is 5.75 Å². The van der Waals surface area contributed by atoms with E-state index in [0.29, 0.717) is 0 Å². The van der Waals surface area contributed by atoms with Crippen LogP contribution in [0.25, 0.3) is 11.0 Å². The Labute approximate surface area is 130 Å². The Morgan fingerprint density at radius 2 is 1.91 bits per heavy atom. The molecule has 1 aromatic carbocycles. The number of methoxy groups -OCH3 is 1. The molecule has 3 rings (SSSR count). The normalized spacial score (nSPS) is 17.2. The Morgan fingerprint density at radius 1 is 1.18 bits per heavy atom. The van der Waals surface area contributed by atoms with E-state index in [4.69, 9.17) is 14.8 Å². The summed E-state index contributed by atoms with van der Waals surface area (Å²) >= 11 is 0. The quantitative estimate of drug-likeness (QED) is 0.881. The van der Waals surface area contributed by atoms with Crippen molar-refractivity contribution in [1.29, 1.82) is 0 Å². The minimum atomic E-state index is 0.243. The van der Waals surface area contributed by atoms with Crippen molar-refractivity contribution in [3.05, 3.63) is 24.0 Å². The zero-order valence-electron chi connectivity index (χ0n) is 13.3. The van der Waals surface area contributed by atoms with Crippen molar-refractivity contribution < 1.29 is 9.84 Å². The van der Waals surface area contributed by atoms with E-state index in [1.54, 1.807) is 7.11 Å². The Hall–Kier alpha value is -1.63. The molecular weight excluding hydrogens is 280 g/mol. The van der Waals surface area contributed by atoms with Crippen molar-refractivity contribution in [3.63, 3.8) is 0 Å². The molecule has 0 spiro atoms. The number of fused-ring (bicyclic) bond motifs is 1. The zero-order chi connectivity index (χ0) is 15.5. The van der Waals surface area contributed by atoms with Gasteiger partial charge in [0.05, 0.1) is 31.3 Å². The summed E-state index contributed by atoms with van der Waals surface area (Å²) in [6.45, 7) is 5.95. The number of aliphatic hydroxyl groups excluding tert-OH is 1. The molecule has 2 heterocycles. The van der Waals surface area contributed by atoms with Gasteiger partial charge in [0.1, 0.15) is 11.6 Å². The molecule has 6 heteroatoms. The number of aliphatic hydroxyl groups is 1. The average Bonchev–Trinajstić information content (AvgIpc) is 2.85. The summed E-state index contributed by atoms with van der Waals surface area (Å²) in [4.78, 5) is 9.48. The maximum absolute atomic E-state index is 9.00. The number of aromatic nitrogens is 2. The predicted molar refractivity (Wildman–Crippen MR) is 86.1 cm³/mol. The molecule has 120 valence electrons. The van der Waals surface area contributed by atoms with Gasteiger partial charge in [-0.1, -0.05) is 0 Å². The number of hydrogen-bond donors (Lipinski definition) is 1. The van der Waals surface area contributed by atoms with Crippen LogP contribution in [0.3, 0.4) is 0 Å². The molecule has 0 amide bonds. The van der Waals surface area contributed by atoms with Gasteiger partial charge in [0.2, 0.25) is 0 Å². The minimum Gasteiger partial charge on any atom is -0.497 e. The van der Waals surface area contributed by atoms with Gasteiger partial charge in [-0.15, -0.1) is 0 Å². The van der Waals surface area contributed by atoms with Gasteiger partial charge >= 0.3 is 0 Å². The summed E-state index contributed by atoms with van der Waals surface area (Å²) in [5, 5.41) is 9.00. The van der Waals surface area contributed by atoms with Gasteiger partial charge in [0, 0.05) is 45.8 Å². The smallest absolute Gasteiger partial charge is 0.123 e. The van der Waals surface area contributed by atoms with Crippen LogP contribution in [0.2, 0.25) is 0 Å². The topological polar surface area (TPSA) is 53.8 Å². The molecule has 0 bridgehead atoms. The van der Waals surface area contributed by atoms with E-state index in [1.165, 1.54) is 0 Å². The molecule has 0 aliphatic carbocycles. The molecule has 22 heavy (non-hydrogen) atoms. The first-order chi connectivity index (χ1) is 10.7. The first-order valence-corrected chi connectivity index (χ1v) is 7.76. The fourth-order valence-corrected chi connectivity index (χ4v) is 3.01. The SMILES string of the molecule is COc1ccc2c(c1)nc(CN1CCN(CCO)CC1)n2C. The number of imidazole rings is 1. The number of β-amino-alcohol motifs (C(OH)–C–C–N with tert-alkyl or cyclic N) is 1. The molecule has 0 atom stereocenters. The molecule has 1 saturated heterocycles. The third kappa shape index (κ3) is 3.09. The molecule has 0 unspecified atom stereocenters. The highest BCUT2D eigenvalue weighted by Gasteiger charge is 2.18. The van der Waals surface area contributed by atoms with Crippen LogP contribution in [0.5, 0.6) is 5.75 Å². The van der Waals surface area contributed by atoms with Crippen LogP contribution in [0.1, 0.15) is 5.82 Å². The first-order valence-electron chi connectivity index (χ1n) is 7.76. The number of nitrogens with zero attached hydrogens (tertiary/aromatic N) is 4. The van der Waals surface area contributed by atoms with Gasteiger partial charge in [-0.3, -0.25) is 9.80 Å². The molecule has 6 nitrogen and oxygen atoms in total. The van der Waals surface area contributed by atoms with E-state index < -0.39 is 0 Å². The van der Waals surface area contributed by atoms with Gasteiger partial charge in [-0.2, -0.15) is 0 Å². The molecule has 2 aromatic rings. The van der Waals surface area contributed by atoms with Crippen molar-refractivity contribution in [2.45, 2.75) is 6.54 Å². The molecule has 1 aliphatic rings. The lowest BCUT2D eigenvalue weighted by atomic mass is 10.3. The summed E-state index contributed by atoms with van der Waals surface area (Å²) in [5.41, 5.74) is 2.12. The van der Waals surface area contributed by atoms with E-state index in [9.17, 15) is 0 Å². The number of ether oxygens (including phenoxy) is 1. The van der Waals surface area contributed by atoms with E-state index >= 15 is 0 Å². The van der Waals surface area contributed by atoms with Crippen LogP contribution < -0.4 is 4.74 Å². The molecule has 0 radical (unpaired) electrons. The molecule has 1 N–H and O–H groups in total. The Bertz CT molecular complexity index is 632. The summed E-state index contributed by atoms with van der Waals surface area (Å²) in [7, 11) is 3.75. The summed E-state index contributed by atoms with van der Waals surface area (Å²) in [6, 6.07) is 6.02. The average molecular weight is 304 g/mol. The fraction of sp³-hybridized carbons (Fsp3) is 0.562. The monoisotopic (exact) mass is 304 g/mol. The zero-order valence-corrected chi connectivity index (χ0v) is 13.3. The van der Waals surface area contributed by atoms with Crippen molar-refractivity contribution >= 4 is 11.0 Å². The standard InChI is InChI=1S/C16H24N4O2/c1-18-15-4-3-13(22-2)11-14(15)17-16(18)12-20-7-5-19(6-8-20)9-10-21/h3-4,11,21H,5-10,12H2,1-2H3. The van der Waals surface area contributed by atoms with Crippen LogP contribution in [0.4, 0.5) is 0 Å². The molecule has 1 aromatic heterocycles. The highest BCUT2D eigenvalue weighted by Crippen LogP contribution is 2.21. The van der Waals surface area contributed by atoms with E-state index in [-0.39, 0.29) is 6.61 Å². The van der Waals surface area contributed by atoms with Crippen LogP contribution >= 0.6 is 0 Å². The van der Waals surface area contributed by atoms with Crippen LogP contribution in [0, 0.1) is 0 Å². The van der Waals surface area contributed by atoms with Crippen molar-refractivity contribution in [1.82, 2.24) is 19.4 Å². The van der Waals surface area contributed by atoms with Crippen molar-refractivity contribution in [2.75, 3.05) is 46.4 Å². The summed E-state index contributed by atoms with van der Waals surface area (Å²) < 4.78 is 7.43. The third-order valence-corrected chi connectivity index (χ3v) is 4.43. The first kappa shape index (κ1) is 15.3. The Kier molecular flexibility index (Phi) is 4.61. The van der Waals surface area contributed by atoms with Crippen LogP contribution in [-0.2, 0) is 13.6 Å². The van der Waals surface area contributed by atoms with E-state index in [0.717, 1.165) is 61.9 Å². The van der Waals surface area contributed by atoms with Crippen LogP contribution in [-0.4, -0.2) is 70.9 Å². The number of aryl methyl sites for hydroxylation is 1. The van der Waals surface area contributed by atoms with Gasteiger partial charge < -0.3 is 14.4 Å². The lowest BCUT2D eigenvalue weighted by Gasteiger charge is -2.34. The molecule has 1 aliphatic heterocycles. The van der Waals surface area contributed by atoms with Gasteiger partial charge in [0.25, 0.3) is 0 Å². The van der Waals surface area contributed by atoms with Gasteiger partial charge in [-0.05, 0) is 12.1 Å². The van der Waals surface area contributed by atoms with Gasteiger partial charge in [0.15, 0.2) is 0 Å². The highest BCUT2D eigenvalue weighted by molar-refractivity contribution is 5.77. The maximum Gasteiger partial charge on any atom is 0.123 e. The second-order valence-corrected chi connectivity index (χ2v) is 5.78. The number of piperazine rings is 1. The second kappa shape index (κ2) is 6.64. The molecule has 0 saturated carbocycles. The summed E-state index contributed by atoms with van der Waals surface area (Å²) in [5.74, 6) is 1.92. The fourth-order valence-electron chi connectivity index (χ4n) is 3.01. The lowest BCUT2D eigenvalue weighted by Crippen LogP contribution is -2.46. The highest BCUT2D eigenvalue weighted by atomic mass is 16.5. The largest absolute Gasteiger partial charge is 0.497 e. The third-order valence-electron chi connectivity index (χ3n) is 4.43. The second-order valence-electron chi connectivity index (χ2n) is 5.78. The van der Waals surface area contributed by atoms with Gasteiger partial charge in [-0.25, -0.2) is 4.98 Å². The predicted octanol–water partition coefficient (Wildman–Crippen LogP) is 0.692. The Balaban J connectivity index is 1.70. The maximum atomic E-state index is 9.00. The summed E-state index contributed by atoms with van der Waals surface area (Å²) in [6.07, 6.45) is 0. The van der Waals surface area contributed by atoms with E-state index in [2.05, 4.69) is 27.5 Å². The Morgan fingerprint density at radius 3 is 2.59 bits per heavy atom.